The van der Waals surface area contributed by atoms with E-state index in [0.717, 1.165) is 19.3 Å². The first-order chi connectivity index (χ1) is 10.2. The molecular formula is C16H20ClFN2O. The lowest BCUT2D eigenvalue weighted by Crippen LogP contribution is -2.31. The average Bonchev–Trinajstić information content (AvgIpc) is 2.50. The van der Waals surface area contributed by atoms with Gasteiger partial charge in [-0.3, -0.25) is 4.79 Å². The normalized spacial score (nSPS) is 14.5. The molecule has 2 rings (SSSR count). The molecule has 3 nitrogen and oxygen atoms in total. The monoisotopic (exact) mass is 310 g/mol. The number of hydrogen-bond donors (Lipinski definition) is 2. The van der Waals surface area contributed by atoms with Crippen molar-refractivity contribution in [1.82, 2.24) is 5.32 Å². The minimum Gasteiger partial charge on any atom is -0.374 e. The number of allylic oxidation sites excluding steroid dienone is 1. The molecule has 114 valence electrons. The summed E-state index contributed by atoms with van der Waals surface area (Å²) in [6.07, 6.45) is 7.98. The lowest BCUT2D eigenvalue weighted by molar-refractivity contribution is -0.119. The van der Waals surface area contributed by atoms with E-state index in [4.69, 9.17) is 11.6 Å². The first kappa shape index (κ1) is 15.8. The molecule has 0 saturated heterocycles. The van der Waals surface area contributed by atoms with Crippen LogP contribution in [-0.2, 0) is 4.79 Å². The fourth-order valence-electron chi connectivity index (χ4n) is 2.37. The summed E-state index contributed by atoms with van der Waals surface area (Å²) in [6, 6.07) is 4.67. The largest absolute Gasteiger partial charge is 0.374 e. The maximum absolute atomic E-state index is 13.6. The van der Waals surface area contributed by atoms with Crippen molar-refractivity contribution >= 4 is 23.2 Å². The number of amides is 1. The number of carbonyl (C=O) groups is 1. The van der Waals surface area contributed by atoms with Crippen LogP contribution in [0, 0.1) is 5.82 Å². The third-order valence-corrected chi connectivity index (χ3v) is 3.84. The van der Waals surface area contributed by atoms with Crippen LogP contribution in [0.25, 0.3) is 0 Å². The molecule has 1 aromatic carbocycles. The Morgan fingerprint density at radius 1 is 1.33 bits per heavy atom. The number of halogens is 2. The van der Waals surface area contributed by atoms with E-state index in [0.29, 0.717) is 6.54 Å². The second-order valence-electron chi connectivity index (χ2n) is 5.16. The van der Waals surface area contributed by atoms with E-state index in [9.17, 15) is 9.18 Å². The van der Waals surface area contributed by atoms with Crippen LogP contribution < -0.4 is 10.6 Å². The molecule has 1 amide bonds. The van der Waals surface area contributed by atoms with Crippen molar-refractivity contribution in [3.63, 3.8) is 0 Å². The van der Waals surface area contributed by atoms with Gasteiger partial charge in [0.15, 0.2) is 5.82 Å². The van der Waals surface area contributed by atoms with Crippen molar-refractivity contribution in [2.45, 2.75) is 32.1 Å². The molecular weight excluding hydrogens is 291 g/mol. The number of nitrogens with one attached hydrogen (secondary N) is 2. The Morgan fingerprint density at radius 3 is 2.95 bits per heavy atom. The molecule has 0 spiro atoms. The van der Waals surface area contributed by atoms with Crippen molar-refractivity contribution < 1.29 is 9.18 Å². The van der Waals surface area contributed by atoms with Crippen molar-refractivity contribution in [3.8, 4) is 0 Å². The van der Waals surface area contributed by atoms with E-state index < -0.39 is 5.82 Å². The summed E-state index contributed by atoms with van der Waals surface area (Å²) in [5.41, 5.74) is 1.67. The van der Waals surface area contributed by atoms with Gasteiger partial charge in [0.1, 0.15) is 0 Å². The Balaban J connectivity index is 1.70. The summed E-state index contributed by atoms with van der Waals surface area (Å²) < 4.78 is 13.6. The van der Waals surface area contributed by atoms with Gasteiger partial charge in [-0.05, 0) is 44.2 Å². The number of rotatable bonds is 6. The Hall–Kier alpha value is -1.55. The Labute approximate surface area is 129 Å². The molecule has 0 radical (unpaired) electrons. The summed E-state index contributed by atoms with van der Waals surface area (Å²) in [7, 11) is 0. The standard InChI is InChI=1S/C16H20ClFN2O/c17-13-7-4-8-14(16(13)18)20-11-15(21)19-10-9-12-5-2-1-3-6-12/h4-5,7-8,20H,1-3,6,9-11H2,(H,19,21). The van der Waals surface area contributed by atoms with Crippen LogP contribution in [0.2, 0.25) is 5.02 Å². The van der Waals surface area contributed by atoms with Gasteiger partial charge in [-0.2, -0.15) is 0 Å². The predicted octanol–water partition coefficient (Wildman–Crippen LogP) is 3.90. The fourth-order valence-corrected chi connectivity index (χ4v) is 2.55. The zero-order valence-corrected chi connectivity index (χ0v) is 12.7. The van der Waals surface area contributed by atoms with E-state index >= 15 is 0 Å². The Morgan fingerprint density at radius 2 is 2.19 bits per heavy atom. The SMILES string of the molecule is O=C(CNc1cccc(Cl)c1F)NCCC1=CCCCC1. The maximum Gasteiger partial charge on any atom is 0.239 e. The number of benzene rings is 1. The van der Waals surface area contributed by atoms with Crippen molar-refractivity contribution in [2.24, 2.45) is 0 Å². The van der Waals surface area contributed by atoms with Crippen molar-refractivity contribution in [1.29, 1.82) is 0 Å². The molecule has 2 N–H and O–H groups in total. The molecule has 21 heavy (non-hydrogen) atoms. The predicted molar refractivity (Wildman–Crippen MR) is 84.1 cm³/mol. The summed E-state index contributed by atoms with van der Waals surface area (Å²) in [6.45, 7) is 0.667. The van der Waals surface area contributed by atoms with Crippen LogP contribution in [-0.4, -0.2) is 19.0 Å². The van der Waals surface area contributed by atoms with Gasteiger partial charge in [-0.25, -0.2) is 4.39 Å². The number of carbonyl (C=O) groups excluding carboxylic acids is 1. The van der Waals surface area contributed by atoms with Crippen molar-refractivity contribution in [3.05, 3.63) is 40.7 Å². The third-order valence-electron chi connectivity index (χ3n) is 3.54. The highest BCUT2D eigenvalue weighted by Gasteiger charge is 2.08. The molecule has 1 aromatic rings. The molecule has 1 aliphatic rings. The van der Waals surface area contributed by atoms with Gasteiger partial charge in [0.25, 0.3) is 0 Å². The topological polar surface area (TPSA) is 41.1 Å². The van der Waals surface area contributed by atoms with Crippen LogP contribution in [0.1, 0.15) is 32.1 Å². The molecule has 0 atom stereocenters. The van der Waals surface area contributed by atoms with E-state index in [1.807, 2.05) is 0 Å². The van der Waals surface area contributed by atoms with E-state index in [1.54, 1.807) is 12.1 Å². The second kappa shape index (κ2) is 8.03. The van der Waals surface area contributed by atoms with Crippen LogP contribution in [0.5, 0.6) is 0 Å². The maximum atomic E-state index is 13.6. The Kier molecular flexibility index (Phi) is 6.05. The number of hydrogen-bond acceptors (Lipinski definition) is 2. The lowest BCUT2D eigenvalue weighted by Gasteiger charge is -2.13. The van der Waals surface area contributed by atoms with Gasteiger partial charge in [0.2, 0.25) is 5.91 Å². The molecule has 1 aliphatic carbocycles. The highest BCUT2D eigenvalue weighted by molar-refractivity contribution is 6.31. The molecule has 0 aliphatic heterocycles. The summed E-state index contributed by atoms with van der Waals surface area (Å²) in [5, 5.41) is 5.64. The van der Waals surface area contributed by atoms with Crippen LogP contribution >= 0.6 is 11.6 Å². The van der Waals surface area contributed by atoms with Gasteiger partial charge >= 0.3 is 0 Å². The molecule has 0 bridgehead atoms. The average molecular weight is 311 g/mol. The van der Waals surface area contributed by atoms with Gasteiger partial charge in [0.05, 0.1) is 17.3 Å². The van der Waals surface area contributed by atoms with Crippen LogP contribution in [0.3, 0.4) is 0 Å². The first-order valence-electron chi connectivity index (χ1n) is 7.29. The summed E-state index contributed by atoms with van der Waals surface area (Å²) >= 11 is 5.68. The lowest BCUT2D eigenvalue weighted by atomic mass is 9.97. The third kappa shape index (κ3) is 5.05. The highest BCUT2D eigenvalue weighted by atomic mass is 35.5. The minimum atomic E-state index is -0.528. The van der Waals surface area contributed by atoms with E-state index in [2.05, 4.69) is 16.7 Å². The van der Waals surface area contributed by atoms with Gasteiger partial charge in [0, 0.05) is 6.54 Å². The minimum absolute atomic E-state index is 0.0380. The molecule has 0 aromatic heterocycles. The van der Waals surface area contributed by atoms with E-state index in [1.165, 1.54) is 24.5 Å². The number of anilines is 1. The summed E-state index contributed by atoms with van der Waals surface area (Å²) in [4.78, 5) is 11.7. The zero-order valence-electron chi connectivity index (χ0n) is 11.9. The molecule has 0 unspecified atom stereocenters. The molecule has 0 heterocycles. The van der Waals surface area contributed by atoms with Crippen molar-refractivity contribution in [2.75, 3.05) is 18.4 Å². The summed E-state index contributed by atoms with van der Waals surface area (Å²) in [5.74, 6) is -0.676. The van der Waals surface area contributed by atoms with Crippen LogP contribution in [0.15, 0.2) is 29.8 Å². The molecule has 5 heteroatoms. The van der Waals surface area contributed by atoms with Gasteiger partial charge in [-0.15, -0.1) is 0 Å². The van der Waals surface area contributed by atoms with Crippen LogP contribution in [0.4, 0.5) is 10.1 Å². The Bertz CT molecular complexity index is 531. The highest BCUT2D eigenvalue weighted by Crippen LogP contribution is 2.21. The fraction of sp³-hybridized carbons (Fsp3) is 0.438. The molecule has 0 fully saturated rings. The zero-order chi connectivity index (χ0) is 15.1. The molecule has 0 saturated carbocycles. The quantitative estimate of drug-likeness (QED) is 0.782. The first-order valence-corrected chi connectivity index (χ1v) is 7.67. The second-order valence-corrected chi connectivity index (χ2v) is 5.57. The van der Waals surface area contributed by atoms with Gasteiger partial charge in [-0.1, -0.05) is 29.3 Å². The van der Waals surface area contributed by atoms with E-state index in [-0.39, 0.29) is 23.2 Å². The van der Waals surface area contributed by atoms with Gasteiger partial charge < -0.3 is 10.6 Å². The smallest absolute Gasteiger partial charge is 0.239 e.